The van der Waals surface area contributed by atoms with Gasteiger partial charge in [0, 0.05) is 20.6 Å². The Morgan fingerprint density at radius 1 is 1.38 bits per heavy atom. The van der Waals surface area contributed by atoms with Crippen LogP contribution in [0.3, 0.4) is 0 Å². The predicted molar refractivity (Wildman–Crippen MR) is 85.3 cm³/mol. The normalized spacial score (nSPS) is 12.0. The summed E-state index contributed by atoms with van der Waals surface area (Å²) in [6.45, 7) is 2.89. The lowest BCUT2D eigenvalue weighted by Crippen LogP contribution is -2.37. The van der Waals surface area contributed by atoms with E-state index in [1.165, 1.54) is 0 Å². The third-order valence-electron chi connectivity index (χ3n) is 3.17. The van der Waals surface area contributed by atoms with E-state index < -0.39 is 0 Å². The number of nitrogens with zero attached hydrogens (tertiary/aromatic N) is 1. The van der Waals surface area contributed by atoms with Crippen LogP contribution in [0.4, 0.5) is 0 Å². The van der Waals surface area contributed by atoms with Crippen LogP contribution >= 0.6 is 23.2 Å². The number of halogens is 2. The van der Waals surface area contributed by atoms with Gasteiger partial charge >= 0.3 is 0 Å². The molecular formula is C15H21Cl2NO3. The minimum absolute atomic E-state index is 0.0609. The van der Waals surface area contributed by atoms with Gasteiger partial charge < -0.3 is 14.4 Å². The number of ether oxygens (including phenoxy) is 2. The third kappa shape index (κ3) is 5.73. The molecule has 21 heavy (non-hydrogen) atoms. The second-order valence-electron chi connectivity index (χ2n) is 4.81. The zero-order chi connectivity index (χ0) is 15.8. The molecule has 0 radical (unpaired) electrons. The van der Waals surface area contributed by atoms with Crippen LogP contribution in [0, 0.1) is 0 Å². The second kappa shape index (κ2) is 9.13. The topological polar surface area (TPSA) is 38.8 Å². The SMILES string of the molecule is COCC(C)N(C)C(=O)CCCOc1cccc(Cl)c1Cl. The molecule has 1 rings (SSSR count). The fourth-order valence-electron chi connectivity index (χ4n) is 1.78. The summed E-state index contributed by atoms with van der Waals surface area (Å²) in [6, 6.07) is 5.29. The first kappa shape index (κ1) is 18.1. The van der Waals surface area contributed by atoms with E-state index in [1.54, 1.807) is 37.3 Å². The molecule has 6 heteroatoms. The summed E-state index contributed by atoms with van der Waals surface area (Å²) in [7, 11) is 3.40. The number of benzene rings is 1. The molecule has 0 aromatic heterocycles. The van der Waals surface area contributed by atoms with E-state index in [2.05, 4.69) is 0 Å². The maximum atomic E-state index is 12.0. The van der Waals surface area contributed by atoms with E-state index in [1.807, 2.05) is 6.92 Å². The summed E-state index contributed by atoms with van der Waals surface area (Å²) < 4.78 is 10.6. The van der Waals surface area contributed by atoms with E-state index in [0.717, 1.165) is 0 Å². The van der Waals surface area contributed by atoms with Crippen LogP contribution in [0.2, 0.25) is 10.0 Å². The highest BCUT2D eigenvalue weighted by Crippen LogP contribution is 2.31. The molecule has 1 atom stereocenters. The Bertz CT molecular complexity index is 468. The number of hydrogen-bond acceptors (Lipinski definition) is 3. The van der Waals surface area contributed by atoms with Gasteiger partial charge in [0.2, 0.25) is 5.91 Å². The van der Waals surface area contributed by atoms with E-state index in [0.29, 0.717) is 41.9 Å². The summed E-state index contributed by atoms with van der Waals surface area (Å²) >= 11 is 11.9. The van der Waals surface area contributed by atoms with Crippen LogP contribution in [0.5, 0.6) is 5.75 Å². The number of methoxy groups -OCH3 is 1. The minimum atomic E-state index is 0.0609. The molecule has 0 N–H and O–H groups in total. The number of likely N-dealkylation sites (N-methyl/N-ethyl adjacent to an activating group) is 1. The lowest BCUT2D eigenvalue weighted by molar-refractivity contribution is -0.132. The Morgan fingerprint density at radius 2 is 2.10 bits per heavy atom. The molecule has 0 aliphatic rings. The Labute approximate surface area is 135 Å². The van der Waals surface area contributed by atoms with Crippen molar-refractivity contribution < 1.29 is 14.3 Å². The van der Waals surface area contributed by atoms with Crippen molar-refractivity contribution in [3.05, 3.63) is 28.2 Å². The van der Waals surface area contributed by atoms with Crippen molar-refractivity contribution in [2.24, 2.45) is 0 Å². The maximum absolute atomic E-state index is 12.0. The lowest BCUT2D eigenvalue weighted by Gasteiger charge is -2.24. The number of carbonyl (C=O) groups excluding carboxylic acids is 1. The summed E-state index contributed by atoms with van der Waals surface area (Å²) in [6.07, 6.45) is 1.04. The first-order chi connectivity index (χ1) is 9.97. The van der Waals surface area contributed by atoms with Gasteiger partial charge in [0.05, 0.1) is 24.3 Å². The highest BCUT2D eigenvalue weighted by Gasteiger charge is 2.15. The Balaban J connectivity index is 2.34. The minimum Gasteiger partial charge on any atom is -0.492 e. The first-order valence-corrected chi connectivity index (χ1v) is 7.54. The fourth-order valence-corrected chi connectivity index (χ4v) is 2.12. The van der Waals surface area contributed by atoms with Gasteiger partial charge in [-0.05, 0) is 25.5 Å². The highest BCUT2D eigenvalue weighted by molar-refractivity contribution is 6.42. The Morgan fingerprint density at radius 3 is 2.76 bits per heavy atom. The van der Waals surface area contributed by atoms with Gasteiger partial charge in [-0.25, -0.2) is 0 Å². The molecule has 118 valence electrons. The maximum Gasteiger partial charge on any atom is 0.222 e. The highest BCUT2D eigenvalue weighted by atomic mass is 35.5. The molecule has 0 bridgehead atoms. The zero-order valence-electron chi connectivity index (χ0n) is 12.6. The number of rotatable bonds is 8. The average molecular weight is 334 g/mol. The van der Waals surface area contributed by atoms with Crippen LogP contribution in [0.25, 0.3) is 0 Å². The van der Waals surface area contributed by atoms with Crippen molar-refractivity contribution in [1.29, 1.82) is 0 Å². The second-order valence-corrected chi connectivity index (χ2v) is 5.60. The molecule has 0 aliphatic heterocycles. The fraction of sp³-hybridized carbons (Fsp3) is 0.533. The van der Waals surface area contributed by atoms with E-state index in [4.69, 9.17) is 32.7 Å². The standard InChI is InChI=1S/C15H21Cl2NO3/c1-11(10-20-3)18(2)14(19)8-5-9-21-13-7-4-6-12(16)15(13)17/h4,6-7,11H,5,8-10H2,1-3H3. The number of hydrogen-bond donors (Lipinski definition) is 0. The first-order valence-electron chi connectivity index (χ1n) is 6.78. The lowest BCUT2D eigenvalue weighted by atomic mass is 10.2. The van der Waals surface area contributed by atoms with Crippen LogP contribution in [-0.2, 0) is 9.53 Å². The summed E-state index contributed by atoms with van der Waals surface area (Å²) in [4.78, 5) is 13.6. The quantitative estimate of drug-likeness (QED) is 0.681. The van der Waals surface area contributed by atoms with Crippen molar-refractivity contribution in [2.45, 2.75) is 25.8 Å². The molecule has 4 nitrogen and oxygen atoms in total. The number of amides is 1. The zero-order valence-corrected chi connectivity index (χ0v) is 14.1. The molecule has 0 saturated heterocycles. The van der Waals surface area contributed by atoms with Crippen molar-refractivity contribution >= 4 is 29.1 Å². The van der Waals surface area contributed by atoms with Crippen LogP contribution in [0.15, 0.2) is 18.2 Å². The van der Waals surface area contributed by atoms with Crippen molar-refractivity contribution in [3.63, 3.8) is 0 Å². The molecule has 0 heterocycles. The van der Waals surface area contributed by atoms with Gasteiger partial charge in [0.25, 0.3) is 0 Å². The molecule has 1 aromatic carbocycles. The van der Waals surface area contributed by atoms with Gasteiger partial charge in [-0.2, -0.15) is 0 Å². The van der Waals surface area contributed by atoms with Gasteiger partial charge in [-0.3, -0.25) is 4.79 Å². The molecule has 1 amide bonds. The Kier molecular flexibility index (Phi) is 7.86. The largest absolute Gasteiger partial charge is 0.492 e. The molecule has 0 aliphatic carbocycles. The van der Waals surface area contributed by atoms with Crippen LogP contribution < -0.4 is 4.74 Å². The predicted octanol–water partition coefficient (Wildman–Crippen LogP) is 3.65. The van der Waals surface area contributed by atoms with Gasteiger partial charge in [0.1, 0.15) is 10.8 Å². The smallest absolute Gasteiger partial charge is 0.222 e. The van der Waals surface area contributed by atoms with Gasteiger partial charge in [-0.1, -0.05) is 29.3 Å². The molecule has 1 unspecified atom stereocenters. The summed E-state index contributed by atoms with van der Waals surface area (Å²) in [5, 5.41) is 0.856. The van der Waals surface area contributed by atoms with Crippen molar-refractivity contribution in [1.82, 2.24) is 4.90 Å². The van der Waals surface area contributed by atoms with Crippen LogP contribution in [-0.4, -0.2) is 44.2 Å². The summed E-state index contributed by atoms with van der Waals surface area (Å²) in [5.74, 6) is 0.609. The van der Waals surface area contributed by atoms with Gasteiger partial charge in [0.15, 0.2) is 0 Å². The molecule has 0 spiro atoms. The van der Waals surface area contributed by atoms with Gasteiger partial charge in [-0.15, -0.1) is 0 Å². The monoisotopic (exact) mass is 333 g/mol. The molecule has 0 fully saturated rings. The third-order valence-corrected chi connectivity index (χ3v) is 3.97. The summed E-state index contributed by atoms with van der Waals surface area (Å²) in [5.41, 5.74) is 0. The Hall–Kier alpha value is -0.970. The van der Waals surface area contributed by atoms with E-state index >= 15 is 0 Å². The molecule has 1 aromatic rings. The van der Waals surface area contributed by atoms with E-state index in [9.17, 15) is 4.79 Å². The van der Waals surface area contributed by atoms with Crippen LogP contribution in [0.1, 0.15) is 19.8 Å². The van der Waals surface area contributed by atoms with E-state index in [-0.39, 0.29) is 11.9 Å². The molecular weight excluding hydrogens is 313 g/mol. The number of carbonyl (C=O) groups is 1. The van der Waals surface area contributed by atoms with Crippen molar-refractivity contribution in [3.8, 4) is 5.75 Å². The molecule has 0 saturated carbocycles. The van der Waals surface area contributed by atoms with Crippen molar-refractivity contribution in [2.75, 3.05) is 27.4 Å². The average Bonchev–Trinajstić information content (AvgIpc) is 2.46.